The second-order valence-electron chi connectivity index (χ2n) is 7.06. The Labute approximate surface area is 174 Å². The highest BCUT2D eigenvalue weighted by atomic mass is 35.5. The first-order chi connectivity index (χ1) is 13.9. The summed E-state index contributed by atoms with van der Waals surface area (Å²) in [4.78, 5) is 13.1. The molecule has 1 aromatic heterocycles. The topological polar surface area (TPSA) is 81.1 Å². The zero-order valence-electron chi connectivity index (χ0n) is 15.8. The van der Waals surface area contributed by atoms with Crippen LogP contribution in [-0.2, 0) is 26.1 Å². The number of nitrogens with one attached hydrogen (secondary N) is 1. The van der Waals surface area contributed by atoms with Gasteiger partial charge in [0.1, 0.15) is 5.82 Å². The van der Waals surface area contributed by atoms with Crippen molar-refractivity contribution in [2.75, 3.05) is 5.32 Å². The lowest BCUT2D eigenvalue weighted by molar-refractivity contribution is -0.117. The van der Waals surface area contributed by atoms with Crippen LogP contribution in [0, 0.1) is 0 Å². The summed E-state index contributed by atoms with van der Waals surface area (Å²) in [5.41, 5.74) is 2.64. The van der Waals surface area contributed by atoms with E-state index in [2.05, 4.69) is 10.4 Å². The molecule has 0 bridgehead atoms. The number of aromatic nitrogens is 2. The Morgan fingerprint density at radius 1 is 1.14 bits per heavy atom. The lowest BCUT2D eigenvalue weighted by Gasteiger charge is -2.17. The quantitative estimate of drug-likeness (QED) is 0.662. The molecule has 1 aliphatic heterocycles. The van der Waals surface area contributed by atoms with Gasteiger partial charge in [-0.2, -0.15) is 5.10 Å². The number of fused-ring (bicyclic) bond motifs is 1. The molecule has 8 heteroatoms. The van der Waals surface area contributed by atoms with Crippen molar-refractivity contribution in [3.8, 4) is 5.69 Å². The van der Waals surface area contributed by atoms with E-state index in [1.807, 2.05) is 37.3 Å². The molecule has 29 heavy (non-hydrogen) atoms. The molecule has 6 nitrogen and oxygen atoms in total. The van der Waals surface area contributed by atoms with Crippen molar-refractivity contribution in [1.82, 2.24) is 9.78 Å². The molecule has 1 unspecified atom stereocenters. The van der Waals surface area contributed by atoms with Crippen LogP contribution in [0.4, 0.5) is 5.82 Å². The monoisotopic (exact) mass is 429 g/mol. The first-order valence-electron chi connectivity index (χ1n) is 9.31. The Balaban J connectivity index is 1.74. The highest BCUT2D eigenvalue weighted by Gasteiger charge is 2.34. The van der Waals surface area contributed by atoms with Crippen LogP contribution < -0.4 is 5.32 Å². The largest absolute Gasteiger partial charge is 0.310 e. The van der Waals surface area contributed by atoms with Crippen molar-refractivity contribution in [3.05, 3.63) is 76.4 Å². The average molecular weight is 430 g/mol. The van der Waals surface area contributed by atoms with Crippen molar-refractivity contribution >= 4 is 33.2 Å². The number of anilines is 1. The third-order valence-electron chi connectivity index (χ3n) is 5.03. The number of benzene rings is 2. The maximum Gasteiger partial charge on any atom is 0.233 e. The number of sulfone groups is 1. The lowest BCUT2D eigenvalue weighted by Crippen LogP contribution is -2.23. The van der Waals surface area contributed by atoms with Gasteiger partial charge in [0.2, 0.25) is 5.91 Å². The van der Waals surface area contributed by atoms with Crippen LogP contribution in [0.5, 0.6) is 0 Å². The van der Waals surface area contributed by atoms with E-state index in [1.165, 1.54) is 0 Å². The second-order valence-corrected chi connectivity index (χ2v) is 9.56. The van der Waals surface area contributed by atoms with Crippen LogP contribution in [0.2, 0.25) is 5.02 Å². The molecule has 0 saturated heterocycles. The van der Waals surface area contributed by atoms with Crippen molar-refractivity contribution in [1.29, 1.82) is 0 Å². The van der Waals surface area contributed by atoms with Crippen molar-refractivity contribution in [2.45, 2.75) is 30.8 Å². The van der Waals surface area contributed by atoms with E-state index in [0.717, 1.165) is 5.56 Å². The van der Waals surface area contributed by atoms with E-state index in [-0.39, 0.29) is 23.3 Å². The van der Waals surface area contributed by atoms with Gasteiger partial charge in [-0.05, 0) is 36.2 Å². The second kappa shape index (κ2) is 7.65. The molecule has 4 rings (SSSR count). The number of nitrogens with zero attached hydrogens (tertiary/aromatic N) is 2. The van der Waals surface area contributed by atoms with Crippen LogP contribution in [0.3, 0.4) is 0 Å². The van der Waals surface area contributed by atoms with Crippen LogP contribution in [0.1, 0.15) is 36.1 Å². The molecule has 1 aliphatic rings. The number of hydrogen-bond acceptors (Lipinski definition) is 4. The van der Waals surface area contributed by atoms with Gasteiger partial charge in [-0.15, -0.1) is 0 Å². The minimum Gasteiger partial charge on any atom is -0.310 e. The van der Waals surface area contributed by atoms with E-state index in [4.69, 9.17) is 11.6 Å². The normalized spacial score (nSPS) is 15.7. The van der Waals surface area contributed by atoms with Gasteiger partial charge < -0.3 is 5.32 Å². The van der Waals surface area contributed by atoms with E-state index in [9.17, 15) is 13.2 Å². The van der Waals surface area contributed by atoms with Gasteiger partial charge in [0.25, 0.3) is 0 Å². The van der Waals surface area contributed by atoms with E-state index in [1.54, 1.807) is 28.9 Å². The number of hydrogen-bond donors (Lipinski definition) is 1. The van der Waals surface area contributed by atoms with Crippen LogP contribution in [0.25, 0.3) is 5.69 Å². The van der Waals surface area contributed by atoms with E-state index >= 15 is 0 Å². The number of amides is 1. The van der Waals surface area contributed by atoms with E-state index < -0.39 is 9.84 Å². The summed E-state index contributed by atoms with van der Waals surface area (Å²) < 4.78 is 25.8. The molecule has 1 amide bonds. The molecule has 0 aliphatic carbocycles. The Morgan fingerprint density at radius 2 is 1.83 bits per heavy atom. The lowest BCUT2D eigenvalue weighted by atomic mass is 9.95. The van der Waals surface area contributed by atoms with Crippen molar-refractivity contribution < 1.29 is 13.2 Å². The predicted molar refractivity (Wildman–Crippen MR) is 113 cm³/mol. The number of carbonyl (C=O) groups is 1. The molecule has 2 aromatic carbocycles. The Kier molecular flexibility index (Phi) is 5.19. The maximum absolute atomic E-state index is 13.1. The highest BCUT2D eigenvalue weighted by molar-refractivity contribution is 7.90. The summed E-state index contributed by atoms with van der Waals surface area (Å²) in [6.45, 7) is 1.95. The minimum atomic E-state index is -3.25. The zero-order valence-corrected chi connectivity index (χ0v) is 17.4. The fraction of sp³-hybridized carbons (Fsp3) is 0.238. The number of halogens is 1. The molecule has 0 radical (unpaired) electrons. The maximum atomic E-state index is 13.1. The van der Waals surface area contributed by atoms with Crippen LogP contribution in [-0.4, -0.2) is 24.1 Å². The van der Waals surface area contributed by atoms with Gasteiger partial charge in [-0.1, -0.05) is 48.9 Å². The molecule has 0 saturated carbocycles. The smallest absolute Gasteiger partial charge is 0.233 e. The standard InChI is InChI=1S/C21H20ClN3O3S/c1-2-17(14-6-4-3-5-7-14)21(26)23-20-18-12-29(27,28)13-19(18)24-25(20)16-10-8-15(22)9-11-16/h3-11,17H,2,12-13H2,1H3,(H,23,26). The molecule has 0 fully saturated rings. The fourth-order valence-corrected chi connectivity index (χ4v) is 5.22. The van der Waals surface area contributed by atoms with Crippen molar-refractivity contribution in [3.63, 3.8) is 0 Å². The van der Waals surface area contributed by atoms with Gasteiger partial charge in [0, 0.05) is 10.6 Å². The van der Waals surface area contributed by atoms with E-state index in [0.29, 0.717) is 34.2 Å². The summed E-state index contributed by atoms with van der Waals surface area (Å²) in [5, 5.41) is 8.01. The SMILES string of the molecule is CCC(C(=O)Nc1c2c(nn1-c1ccc(Cl)cc1)CS(=O)(=O)C2)c1ccccc1. The molecule has 3 aromatic rings. The van der Waals surface area contributed by atoms with Crippen LogP contribution >= 0.6 is 11.6 Å². The summed E-state index contributed by atoms with van der Waals surface area (Å²) in [7, 11) is -3.25. The highest BCUT2D eigenvalue weighted by Crippen LogP contribution is 2.34. The zero-order chi connectivity index (χ0) is 20.6. The molecule has 2 heterocycles. The van der Waals surface area contributed by atoms with Gasteiger partial charge >= 0.3 is 0 Å². The Morgan fingerprint density at radius 3 is 2.48 bits per heavy atom. The van der Waals surface area contributed by atoms with Crippen molar-refractivity contribution in [2.24, 2.45) is 0 Å². The van der Waals surface area contributed by atoms with Gasteiger partial charge in [-0.25, -0.2) is 13.1 Å². The summed E-state index contributed by atoms with van der Waals surface area (Å²) >= 11 is 5.99. The van der Waals surface area contributed by atoms with Gasteiger partial charge in [-0.3, -0.25) is 4.79 Å². The average Bonchev–Trinajstić information content (AvgIpc) is 3.16. The van der Waals surface area contributed by atoms with Crippen LogP contribution in [0.15, 0.2) is 54.6 Å². The third kappa shape index (κ3) is 3.93. The summed E-state index contributed by atoms with van der Waals surface area (Å²) in [6, 6.07) is 16.5. The van der Waals surface area contributed by atoms with Gasteiger partial charge in [0.05, 0.1) is 28.8 Å². The molecule has 1 atom stereocenters. The summed E-state index contributed by atoms with van der Waals surface area (Å²) in [6.07, 6.45) is 0.616. The minimum absolute atomic E-state index is 0.123. The number of rotatable bonds is 5. The molecular weight excluding hydrogens is 410 g/mol. The number of carbonyl (C=O) groups excluding carboxylic acids is 1. The first-order valence-corrected chi connectivity index (χ1v) is 11.5. The third-order valence-corrected chi connectivity index (χ3v) is 6.72. The Bertz CT molecular complexity index is 1160. The predicted octanol–water partition coefficient (Wildman–Crippen LogP) is 4.09. The first kappa shape index (κ1) is 19.7. The molecule has 0 spiro atoms. The molecule has 150 valence electrons. The Hall–Kier alpha value is -2.64. The molecule has 1 N–H and O–H groups in total. The molecular formula is C21H20ClN3O3S. The van der Waals surface area contributed by atoms with Gasteiger partial charge in [0.15, 0.2) is 9.84 Å². The fourth-order valence-electron chi connectivity index (χ4n) is 3.60. The summed E-state index contributed by atoms with van der Waals surface area (Å²) in [5.74, 6) is -0.392.